The predicted molar refractivity (Wildman–Crippen MR) is 71.4 cm³/mol. The molecule has 0 rings (SSSR count). The Morgan fingerprint density at radius 2 is 1.67 bits per heavy atom. The van der Waals surface area contributed by atoms with Crippen LogP contribution in [0.15, 0.2) is 0 Å². The number of nitrogens with zero attached hydrogens (tertiary/aromatic N) is 2. The van der Waals surface area contributed by atoms with E-state index in [2.05, 4.69) is 0 Å². The van der Waals surface area contributed by atoms with E-state index in [4.69, 9.17) is 5.11 Å². The first-order chi connectivity index (χ1) is 8.23. The van der Waals surface area contributed by atoms with E-state index in [1.54, 1.807) is 11.8 Å². The molecule has 0 radical (unpaired) electrons. The summed E-state index contributed by atoms with van der Waals surface area (Å²) in [5.74, 6) is -1.05. The van der Waals surface area contributed by atoms with Crippen molar-refractivity contribution in [2.75, 3.05) is 33.7 Å². The van der Waals surface area contributed by atoms with E-state index in [0.29, 0.717) is 18.9 Å². The van der Waals surface area contributed by atoms with Crippen LogP contribution >= 0.6 is 0 Å². The van der Waals surface area contributed by atoms with Crippen LogP contribution in [0.1, 0.15) is 27.2 Å². The molecule has 5 heteroatoms. The first-order valence-corrected chi connectivity index (χ1v) is 6.39. The zero-order chi connectivity index (χ0) is 14.3. The van der Waals surface area contributed by atoms with E-state index >= 15 is 0 Å². The number of carboxylic acids is 1. The third-order valence-corrected chi connectivity index (χ3v) is 2.67. The summed E-state index contributed by atoms with van der Waals surface area (Å²) in [6.07, 6.45) is 0.472. The molecule has 0 bridgehead atoms. The molecule has 5 nitrogen and oxygen atoms in total. The van der Waals surface area contributed by atoms with Gasteiger partial charge in [-0.3, -0.25) is 9.59 Å². The Balaban J connectivity index is 4.50. The Bertz CT molecular complexity index is 277. The number of aliphatic carboxylic acids is 1. The fraction of sp³-hybridized carbons (Fsp3) is 0.846. The molecule has 0 spiro atoms. The summed E-state index contributed by atoms with van der Waals surface area (Å²) in [6, 6.07) is 0. The topological polar surface area (TPSA) is 60.9 Å². The van der Waals surface area contributed by atoms with Gasteiger partial charge in [0.15, 0.2) is 0 Å². The number of carboxylic acid groups (broad SMARTS) is 1. The average Bonchev–Trinajstić information content (AvgIpc) is 2.21. The van der Waals surface area contributed by atoms with Crippen molar-refractivity contribution >= 4 is 11.9 Å². The molecule has 0 fully saturated rings. The van der Waals surface area contributed by atoms with Crippen molar-refractivity contribution in [3.8, 4) is 0 Å². The predicted octanol–water partition coefficient (Wildman–Crippen LogP) is 1.14. The molecule has 18 heavy (non-hydrogen) atoms. The van der Waals surface area contributed by atoms with Crippen LogP contribution in [-0.2, 0) is 9.59 Å². The molecule has 106 valence electrons. The molecule has 0 aliphatic carbocycles. The molecular weight excluding hydrogens is 232 g/mol. The summed E-state index contributed by atoms with van der Waals surface area (Å²) in [5.41, 5.74) is 0. The lowest BCUT2D eigenvalue weighted by Gasteiger charge is -2.26. The van der Waals surface area contributed by atoms with Crippen LogP contribution in [-0.4, -0.2) is 60.5 Å². The highest BCUT2D eigenvalue weighted by Gasteiger charge is 2.20. The highest BCUT2D eigenvalue weighted by Crippen LogP contribution is 2.07. The largest absolute Gasteiger partial charge is 0.481 e. The van der Waals surface area contributed by atoms with Crippen molar-refractivity contribution in [3.63, 3.8) is 0 Å². The monoisotopic (exact) mass is 258 g/mol. The van der Waals surface area contributed by atoms with Gasteiger partial charge in [0, 0.05) is 26.1 Å². The summed E-state index contributed by atoms with van der Waals surface area (Å²) < 4.78 is 0. The van der Waals surface area contributed by atoms with Crippen LogP contribution in [0.2, 0.25) is 0 Å². The number of carbonyl (C=O) groups excluding carboxylic acids is 1. The minimum Gasteiger partial charge on any atom is -0.481 e. The highest BCUT2D eigenvalue weighted by atomic mass is 16.4. The molecule has 0 aromatic carbocycles. The molecular formula is C13H26N2O3. The standard InChI is InChI=1S/C13H26N2O3/c1-10(2)8-12(16)15(7-6-14(4)5)9-11(3)13(17)18/h10-11H,6-9H2,1-5H3,(H,17,18). The second kappa shape index (κ2) is 8.08. The van der Waals surface area contributed by atoms with Gasteiger partial charge in [-0.1, -0.05) is 20.8 Å². The van der Waals surface area contributed by atoms with E-state index in [0.717, 1.165) is 6.54 Å². The third kappa shape index (κ3) is 7.27. The Morgan fingerprint density at radius 1 is 1.11 bits per heavy atom. The zero-order valence-corrected chi connectivity index (χ0v) is 12.1. The number of rotatable bonds is 8. The van der Waals surface area contributed by atoms with E-state index in [-0.39, 0.29) is 12.5 Å². The molecule has 0 aliphatic heterocycles. The summed E-state index contributed by atoms with van der Waals surface area (Å²) in [4.78, 5) is 26.6. The maximum Gasteiger partial charge on any atom is 0.308 e. The summed E-state index contributed by atoms with van der Waals surface area (Å²) in [5, 5.41) is 8.92. The van der Waals surface area contributed by atoms with Crippen molar-refractivity contribution in [2.45, 2.75) is 27.2 Å². The molecule has 1 N–H and O–H groups in total. The van der Waals surface area contributed by atoms with Gasteiger partial charge in [0.2, 0.25) is 5.91 Å². The Kier molecular flexibility index (Phi) is 7.59. The number of amides is 1. The zero-order valence-electron chi connectivity index (χ0n) is 12.1. The fourth-order valence-electron chi connectivity index (χ4n) is 1.53. The van der Waals surface area contributed by atoms with Gasteiger partial charge >= 0.3 is 5.97 Å². The van der Waals surface area contributed by atoms with Gasteiger partial charge in [0.25, 0.3) is 0 Å². The van der Waals surface area contributed by atoms with E-state index in [1.165, 1.54) is 0 Å². The summed E-state index contributed by atoms with van der Waals surface area (Å²) in [6.45, 7) is 7.22. The maximum atomic E-state index is 12.0. The Hall–Kier alpha value is -1.10. The van der Waals surface area contributed by atoms with Crippen molar-refractivity contribution in [2.24, 2.45) is 11.8 Å². The van der Waals surface area contributed by atoms with Gasteiger partial charge in [0.05, 0.1) is 5.92 Å². The van der Waals surface area contributed by atoms with Crippen molar-refractivity contribution < 1.29 is 14.7 Å². The van der Waals surface area contributed by atoms with Crippen LogP contribution in [0.3, 0.4) is 0 Å². The molecule has 0 aliphatic rings. The molecule has 0 aromatic rings. The van der Waals surface area contributed by atoms with Crippen LogP contribution < -0.4 is 0 Å². The van der Waals surface area contributed by atoms with Crippen LogP contribution in [0.4, 0.5) is 0 Å². The van der Waals surface area contributed by atoms with E-state index in [9.17, 15) is 9.59 Å². The van der Waals surface area contributed by atoms with Crippen molar-refractivity contribution in [1.29, 1.82) is 0 Å². The minimum atomic E-state index is -0.859. The number of hydrogen-bond acceptors (Lipinski definition) is 3. The van der Waals surface area contributed by atoms with E-state index in [1.807, 2.05) is 32.8 Å². The molecule has 0 heterocycles. The van der Waals surface area contributed by atoms with Crippen LogP contribution in [0.5, 0.6) is 0 Å². The first kappa shape index (κ1) is 16.9. The van der Waals surface area contributed by atoms with Crippen molar-refractivity contribution in [1.82, 2.24) is 9.80 Å². The molecule has 1 amide bonds. The minimum absolute atomic E-state index is 0.0416. The second-order valence-corrected chi connectivity index (χ2v) is 5.48. The molecule has 0 saturated heterocycles. The van der Waals surface area contributed by atoms with Gasteiger partial charge in [-0.15, -0.1) is 0 Å². The van der Waals surface area contributed by atoms with Gasteiger partial charge in [0.1, 0.15) is 0 Å². The highest BCUT2D eigenvalue weighted by molar-refractivity contribution is 5.77. The maximum absolute atomic E-state index is 12.0. The van der Waals surface area contributed by atoms with Crippen molar-refractivity contribution in [3.05, 3.63) is 0 Å². The lowest BCUT2D eigenvalue weighted by molar-refractivity contribution is -0.143. The lowest BCUT2D eigenvalue weighted by Crippen LogP contribution is -2.41. The van der Waals surface area contributed by atoms with Gasteiger partial charge in [-0.05, 0) is 20.0 Å². The van der Waals surface area contributed by atoms with Crippen LogP contribution in [0, 0.1) is 11.8 Å². The Morgan fingerprint density at radius 3 is 2.06 bits per heavy atom. The summed E-state index contributed by atoms with van der Waals surface area (Å²) in [7, 11) is 3.87. The lowest BCUT2D eigenvalue weighted by atomic mass is 10.1. The number of hydrogen-bond donors (Lipinski definition) is 1. The molecule has 1 atom stereocenters. The van der Waals surface area contributed by atoms with Gasteiger partial charge in [-0.25, -0.2) is 0 Å². The first-order valence-electron chi connectivity index (χ1n) is 6.39. The smallest absolute Gasteiger partial charge is 0.308 e. The van der Waals surface area contributed by atoms with Gasteiger partial charge in [-0.2, -0.15) is 0 Å². The van der Waals surface area contributed by atoms with Gasteiger partial charge < -0.3 is 14.9 Å². The number of carbonyl (C=O) groups is 2. The molecule has 1 unspecified atom stereocenters. The summed E-state index contributed by atoms with van der Waals surface area (Å²) >= 11 is 0. The Labute approximate surface area is 110 Å². The average molecular weight is 258 g/mol. The molecule has 0 saturated carbocycles. The quantitative estimate of drug-likeness (QED) is 0.709. The molecule has 0 aromatic heterocycles. The normalized spacial score (nSPS) is 12.8. The number of likely N-dealkylation sites (N-methyl/N-ethyl adjacent to an activating group) is 1. The van der Waals surface area contributed by atoms with Crippen LogP contribution in [0.25, 0.3) is 0 Å². The SMILES string of the molecule is CC(C)CC(=O)N(CCN(C)C)CC(C)C(=O)O. The third-order valence-electron chi connectivity index (χ3n) is 2.67. The fourth-order valence-corrected chi connectivity index (χ4v) is 1.53. The van der Waals surface area contributed by atoms with E-state index < -0.39 is 11.9 Å². The second-order valence-electron chi connectivity index (χ2n) is 5.48.